The minimum atomic E-state index is -0.361. The number of rotatable bonds is 1. The van der Waals surface area contributed by atoms with Crippen LogP contribution in [0, 0.1) is 5.41 Å². The predicted octanol–water partition coefficient (Wildman–Crippen LogP) is 1.88. The van der Waals surface area contributed by atoms with Gasteiger partial charge in [0.05, 0.1) is 0 Å². The molecule has 0 rings (SSSR count). The standard InChI is InChI=1S/C5H11NO.C4H6/c1-5(2,3)4(6)7;1-3-4-2/h1-3H3,(H2,6,7);3-4H,1-2H2. The second kappa shape index (κ2) is 5.71. The molecule has 2 nitrogen and oxygen atoms in total. The highest BCUT2D eigenvalue weighted by atomic mass is 16.1. The number of hydrogen-bond donors (Lipinski definition) is 1. The number of carbonyl (C=O) groups excluding carboxylic acids is 1. The monoisotopic (exact) mass is 155 g/mol. The first kappa shape index (κ1) is 12.6. The van der Waals surface area contributed by atoms with Gasteiger partial charge in [0, 0.05) is 5.41 Å². The lowest BCUT2D eigenvalue weighted by atomic mass is 9.96. The van der Waals surface area contributed by atoms with Gasteiger partial charge in [0.15, 0.2) is 0 Å². The van der Waals surface area contributed by atoms with Crippen LogP contribution in [0.5, 0.6) is 0 Å². The molecule has 0 bridgehead atoms. The van der Waals surface area contributed by atoms with Gasteiger partial charge in [-0.25, -0.2) is 0 Å². The Morgan fingerprint density at radius 3 is 1.45 bits per heavy atom. The molecule has 0 spiro atoms. The summed E-state index contributed by atoms with van der Waals surface area (Å²) in [5.74, 6) is -0.257. The minimum Gasteiger partial charge on any atom is -0.369 e. The van der Waals surface area contributed by atoms with Gasteiger partial charge in [-0.2, -0.15) is 0 Å². The van der Waals surface area contributed by atoms with Crippen molar-refractivity contribution < 1.29 is 4.79 Å². The molecule has 2 N–H and O–H groups in total. The van der Waals surface area contributed by atoms with Gasteiger partial charge in [0.25, 0.3) is 0 Å². The van der Waals surface area contributed by atoms with Gasteiger partial charge < -0.3 is 5.73 Å². The second-order valence-corrected chi connectivity index (χ2v) is 3.09. The molecule has 2 heteroatoms. The van der Waals surface area contributed by atoms with Crippen LogP contribution >= 0.6 is 0 Å². The third-order valence-electron chi connectivity index (χ3n) is 0.906. The van der Waals surface area contributed by atoms with Crippen LogP contribution in [0.25, 0.3) is 0 Å². The number of allylic oxidation sites excluding steroid dienone is 2. The van der Waals surface area contributed by atoms with Gasteiger partial charge in [-0.1, -0.05) is 46.1 Å². The number of nitrogens with two attached hydrogens (primary N) is 1. The first-order chi connectivity index (χ1) is 4.86. The van der Waals surface area contributed by atoms with Crippen molar-refractivity contribution in [1.82, 2.24) is 0 Å². The van der Waals surface area contributed by atoms with Gasteiger partial charge in [-0.05, 0) is 0 Å². The molecule has 0 saturated carbocycles. The van der Waals surface area contributed by atoms with Gasteiger partial charge in [-0.3, -0.25) is 4.79 Å². The van der Waals surface area contributed by atoms with Crippen LogP contribution in [-0.2, 0) is 4.79 Å². The summed E-state index contributed by atoms with van der Waals surface area (Å²) >= 11 is 0. The summed E-state index contributed by atoms with van der Waals surface area (Å²) in [6.45, 7) is 12.1. The lowest BCUT2D eigenvalue weighted by molar-refractivity contribution is -0.125. The average Bonchev–Trinajstić information content (AvgIpc) is 1.87. The molecule has 0 aliphatic heterocycles. The molecule has 0 heterocycles. The van der Waals surface area contributed by atoms with E-state index in [2.05, 4.69) is 13.2 Å². The topological polar surface area (TPSA) is 43.1 Å². The van der Waals surface area contributed by atoms with Crippen molar-refractivity contribution in [3.05, 3.63) is 25.3 Å². The van der Waals surface area contributed by atoms with E-state index < -0.39 is 0 Å². The fourth-order valence-electron chi connectivity index (χ4n) is 0. The highest BCUT2D eigenvalue weighted by Crippen LogP contribution is 2.09. The summed E-state index contributed by atoms with van der Waals surface area (Å²) < 4.78 is 0. The highest BCUT2D eigenvalue weighted by Gasteiger charge is 2.16. The lowest BCUT2D eigenvalue weighted by Crippen LogP contribution is -2.27. The number of primary amides is 1. The number of amides is 1. The number of hydrogen-bond acceptors (Lipinski definition) is 1. The smallest absolute Gasteiger partial charge is 0.222 e. The third-order valence-corrected chi connectivity index (χ3v) is 0.906. The SMILES string of the molecule is C=CC=C.CC(C)(C)C(N)=O. The summed E-state index contributed by atoms with van der Waals surface area (Å²) in [5.41, 5.74) is 4.57. The Kier molecular flexibility index (Phi) is 6.55. The molecular formula is C9H17NO. The maximum absolute atomic E-state index is 10.2. The lowest BCUT2D eigenvalue weighted by Gasteiger charge is -2.10. The Bertz CT molecular complexity index is 136. The molecule has 0 aromatic rings. The van der Waals surface area contributed by atoms with Gasteiger partial charge in [0.2, 0.25) is 5.91 Å². The first-order valence-corrected chi connectivity index (χ1v) is 3.39. The van der Waals surface area contributed by atoms with Crippen molar-refractivity contribution in [2.24, 2.45) is 11.1 Å². The van der Waals surface area contributed by atoms with Gasteiger partial charge in [0.1, 0.15) is 0 Å². The van der Waals surface area contributed by atoms with E-state index in [1.807, 2.05) is 0 Å². The zero-order valence-corrected chi connectivity index (χ0v) is 7.55. The fraction of sp³-hybridized carbons (Fsp3) is 0.444. The summed E-state index contributed by atoms with van der Waals surface area (Å²) in [7, 11) is 0. The summed E-state index contributed by atoms with van der Waals surface area (Å²) in [6, 6.07) is 0. The summed E-state index contributed by atoms with van der Waals surface area (Å²) in [4.78, 5) is 10.2. The van der Waals surface area contributed by atoms with E-state index in [0.717, 1.165) is 0 Å². The molecule has 11 heavy (non-hydrogen) atoms. The molecule has 0 atom stereocenters. The first-order valence-electron chi connectivity index (χ1n) is 3.39. The highest BCUT2D eigenvalue weighted by molar-refractivity contribution is 5.79. The van der Waals surface area contributed by atoms with E-state index >= 15 is 0 Å². The zero-order valence-electron chi connectivity index (χ0n) is 7.55. The van der Waals surface area contributed by atoms with Crippen LogP contribution in [0.3, 0.4) is 0 Å². The van der Waals surface area contributed by atoms with Gasteiger partial charge in [-0.15, -0.1) is 0 Å². The molecule has 0 radical (unpaired) electrons. The average molecular weight is 155 g/mol. The quantitative estimate of drug-likeness (QED) is 0.577. The number of carbonyl (C=O) groups is 1. The Morgan fingerprint density at radius 1 is 1.27 bits per heavy atom. The molecule has 0 aliphatic rings. The predicted molar refractivity (Wildman–Crippen MR) is 49.0 cm³/mol. The molecule has 0 fully saturated rings. The van der Waals surface area contributed by atoms with E-state index in [4.69, 9.17) is 5.73 Å². The summed E-state index contributed by atoms with van der Waals surface area (Å²) in [5, 5.41) is 0. The largest absolute Gasteiger partial charge is 0.369 e. The molecule has 0 saturated heterocycles. The van der Waals surface area contributed by atoms with E-state index in [1.54, 1.807) is 32.9 Å². The van der Waals surface area contributed by atoms with Crippen LogP contribution in [-0.4, -0.2) is 5.91 Å². The molecule has 64 valence electrons. The molecule has 1 amide bonds. The van der Waals surface area contributed by atoms with E-state index in [9.17, 15) is 4.79 Å². The molecular weight excluding hydrogens is 138 g/mol. The van der Waals surface area contributed by atoms with Crippen LogP contribution in [0.15, 0.2) is 25.3 Å². The Labute approximate surface area is 68.8 Å². The van der Waals surface area contributed by atoms with Gasteiger partial charge >= 0.3 is 0 Å². The maximum atomic E-state index is 10.2. The van der Waals surface area contributed by atoms with E-state index in [1.165, 1.54) is 0 Å². The van der Waals surface area contributed by atoms with Crippen molar-refractivity contribution in [3.8, 4) is 0 Å². The van der Waals surface area contributed by atoms with Crippen LogP contribution in [0.4, 0.5) is 0 Å². The Morgan fingerprint density at radius 2 is 1.45 bits per heavy atom. The second-order valence-electron chi connectivity index (χ2n) is 3.09. The molecule has 0 aromatic carbocycles. The maximum Gasteiger partial charge on any atom is 0.222 e. The fourth-order valence-corrected chi connectivity index (χ4v) is 0. The van der Waals surface area contributed by atoms with Crippen molar-refractivity contribution in [2.45, 2.75) is 20.8 Å². The third kappa shape index (κ3) is 12.2. The van der Waals surface area contributed by atoms with E-state index in [-0.39, 0.29) is 11.3 Å². The molecule has 0 aliphatic carbocycles. The van der Waals surface area contributed by atoms with Crippen molar-refractivity contribution >= 4 is 5.91 Å². The van der Waals surface area contributed by atoms with Crippen molar-refractivity contribution in [2.75, 3.05) is 0 Å². The summed E-state index contributed by atoms with van der Waals surface area (Å²) in [6.07, 6.45) is 3.28. The molecule has 0 unspecified atom stereocenters. The van der Waals surface area contributed by atoms with Crippen molar-refractivity contribution in [1.29, 1.82) is 0 Å². The zero-order chi connectivity index (χ0) is 9.49. The Balaban J connectivity index is 0. The normalized spacial score (nSPS) is 9.00. The van der Waals surface area contributed by atoms with Crippen LogP contribution in [0.2, 0.25) is 0 Å². The minimum absolute atomic E-state index is 0.257. The Hall–Kier alpha value is -1.05. The van der Waals surface area contributed by atoms with Crippen LogP contribution in [0.1, 0.15) is 20.8 Å². The molecule has 0 aromatic heterocycles. The van der Waals surface area contributed by atoms with E-state index in [0.29, 0.717) is 0 Å². The van der Waals surface area contributed by atoms with Crippen molar-refractivity contribution in [3.63, 3.8) is 0 Å². The van der Waals surface area contributed by atoms with Crippen LogP contribution < -0.4 is 5.73 Å².